The lowest BCUT2D eigenvalue weighted by atomic mass is 10.2. The Bertz CT molecular complexity index is 543. The van der Waals surface area contributed by atoms with Crippen LogP contribution >= 0.6 is 22.9 Å². The number of halogens is 1. The molecule has 0 aliphatic carbocycles. The van der Waals surface area contributed by atoms with Gasteiger partial charge in [0, 0.05) is 23.4 Å². The van der Waals surface area contributed by atoms with Gasteiger partial charge in [0.05, 0.1) is 16.8 Å². The highest BCUT2D eigenvalue weighted by Gasteiger charge is 2.10. The number of benzene rings is 1. The normalized spacial score (nSPS) is 10.3. The fraction of sp³-hybridized carbons (Fsp3) is 0.167. The van der Waals surface area contributed by atoms with Gasteiger partial charge in [-0.25, -0.2) is 4.98 Å². The number of phenolic OH excluding ortho intramolecular Hbond substituents is 1. The van der Waals surface area contributed by atoms with Crippen molar-refractivity contribution in [1.82, 2.24) is 10.3 Å². The standard InChI is InChI=1S/C12H11ClN2O2S/c13-8-1-2-10(11(16)5-8)12(17)14-4-3-9-6-18-7-15-9/h1-2,5-7,16H,3-4H2,(H,14,17). The second-order valence-electron chi connectivity index (χ2n) is 3.65. The molecule has 0 fully saturated rings. The Kier molecular flexibility index (Phi) is 4.17. The summed E-state index contributed by atoms with van der Waals surface area (Å²) in [6.07, 6.45) is 0.670. The van der Waals surface area contributed by atoms with Gasteiger partial charge in [0.15, 0.2) is 0 Å². The van der Waals surface area contributed by atoms with E-state index >= 15 is 0 Å². The van der Waals surface area contributed by atoms with Gasteiger partial charge in [0.25, 0.3) is 5.91 Å². The summed E-state index contributed by atoms with van der Waals surface area (Å²) in [7, 11) is 0. The van der Waals surface area contributed by atoms with E-state index in [-0.39, 0.29) is 17.2 Å². The molecular formula is C12H11ClN2O2S. The number of carbonyl (C=O) groups excluding carboxylic acids is 1. The quantitative estimate of drug-likeness (QED) is 0.905. The highest BCUT2D eigenvalue weighted by Crippen LogP contribution is 2.21. The molecule has 4 nitrogen and oxygen atoms in total. The van der Waals surface area contributed by atoms with Crippen molar-refractivity contribution in [3.63, 3.8) is 0 Å². The summed E-state index contributed by atoms with van der Waals surface area (Å²) in [5.74, 6) is -0.437. The van der Waals surface area contributed by atoms with Crippen molar-refractivity contribution in [2.45, 2.75) is 6.42 Å². The first-order valence-corrected chi connectivity index (χ1v) is 6.62. The second kappa shape index (κ2) is 5.84. The number of nitrogens with zero attached hydrogens (tertiary/aromatic N) is 1. The zero-order valence-electron chi connectivity index (χ0n) is 9.39. The molecule has 1 heterocycles. The molecule has 0 aliphatic heterocycles. The molecule has 2 aromatic rings. The first kappa shape index (κ1) is 12.9. The number of aromatic hydroxyl groups is 1. The number of phenols is 1. The molecule has 1 amide bonds. The van der Waals surface area contributed by atoms with Crippen LogP contribution in [0.25, 0.3) is 0 Å². The molecule has 6 heteroatoms. The van der Waals surface area contributed by atoms with Crippen molar-refractivity contribution in [2.75, 3.05) is 6.54 Å². The topological polar surface area (TPSA) is 62.2 Å². The van der Waals surface area contributed by atoms with Crippen LogP contribution in [0, 0.1) is 0 Å². The van der Waals surface area contributed by atoms with E-state index in [4.69, 9.17) is 11.6 Å². The molecule has 0 aliphatic rings. The molecule has 0 bridgehead atoms. The maximum atomic E-state index is 11.8. The number of hydrogen-bond acceptors (Lipinski definition) is 4. The summed E-state index contributed by atoms with van der Waals surface area (Å²) in [4.78, 5) is 15.9. The van der Waals surface area contributed by atoms with Crippen LogP contribution in [0.3, 0.4) is 0 Å². The first-order valence-electron chi connectivity index (χ1n) is 5.30. The molecule has 94 valence electrons. The maximum absolute atomic E-state index is 11.8. The van der Waals surface area contributed by atoms with Crippen LogP contribution in [-0.4, -0.2) is 22.5 Å². The summed E-state index contributed by atoms with van der Waals surface area (Å²) in [6.45, 7) is 0.477. The summed E-state index contributed by atoms with van der Waals surface area (Å²) in [5.41, 5.74) is 2.92. The van der Waals surface area contributed by atoms with Gasteiger partial charge in [-0.15, -0.1) is 11.3 Å². The van der Waals surface area contributed by atoms with Crippen molar-refractivity contribution in [3.05, 3.63) is 45.4 Å². The highest BCUT2D eigenvalue weighted by atomic mass is 35.5. The Morgan fingerprint density at radius 3 is 3.00 bits per heavy atom. The zero-order valence-corrected chi connectivity index (χ0v) is 11.0. The number of amides is 1. The van der Waals surface area contributed by atoms with E-state index in [0.29, 0.717) is 18.0 Å². The van der Waals surface area contributed by atoms with Gasteiger partial charge in [-0.05, 0) is 18.2 Å². The molecule has 0 spiro atoms. The third kappa shape index (κ3) is 3.21. The van der Waals surface area contributed by atoms with Crippen molar-refractivity contribution >= 4 is 28.8 Å². The van der Waals surface area contributed by atoms with E-state index in [9.17, 15) is 9.90 Å². The lowest BCUT2D eigenvalue weighted by molar-refractivity contribution is 0.0951. The Labute approximate surface area is 113 Å². The van der Waals surface area contributed by atoms with Crippen molar-refractivity contribution in [2.24, 2.45) is 0 Å². The number of rotatable bonds is 4. The molecule has 18 heavy (non-hydrogen) atoms. The van der Waals surface area contributed by atoms with Crippen LogP contribution < -0.4 is 5.32 Å². The molecular weight excluding hydrogens is 272 g/mol. The third-order valence-corrected chi connectivity index (χ3v) is 3.22. The number of thiazole rings is 1. The average Bonchev–Trinajstić information content (AvgIpc) is 2.81. The number of nitrogens with one attached hydrogen (secondary N) is 1. The summed E-state index contributed by atoms with van der Waals surface area (Å²) in [5, 5.41) is 14.6. The Morgan fingerprint density at radius 1 is 1.50 bits per heavy atom. The minimum absolute atomic E-state index is 0.117. The lowest BCUT2D eigenvalue weighted by Crippen LogP contribution is -2.25. The average molecular weight is 283 g/mol. The van der Waals surface area contributed by atoms with E-state index in [1.807, 2.05) is 5.38 Å². The molecule has 0 saturated carbocycles. The Hall–Kier alpha value is -1.59. The molecule has 2 rings (SSSR count). The highest BCUT2D eigenvalue weighted by molar-refractivity contribution is 7.07. The Morgan fingerprint density at radius 2 is 2.33 bits per heavy atom. The smallest absolute Gasteiger partial charge is 0.255 e. The minimum Gasteiger partial charge on any atom is -0.507 e. The molecule has 1 aromatic carbocycles. The molecule has 1 aromatic heterocycles. The van der Waals surface area contributed by atoms with Crippen molar-refractivity contribution in [1.29, 1.82) is 0 Å². The monoisotopic (exact) mass is 282 g/mol. The van der Waals surface area contributed by atoms with Gasteiger partial charge in [0.2, 0.25) is 0 Å². The van der Waals surface area contributed by atoms with E-state index < -0.39 is 0 Å². The van der Waals surface area contributed by atoms with Crippen LogP contribution in [0.5, 0.6) is 5.75 Å². The minimum atomic E-state index is -0.320. The SMILES string of the molecule is O=C(NCCc1cscn1)c1ccc(Cl)cc1O. The van der Waals surface area contributed by atoms with Crippen LogP contribution in [0.2, 0.25) is 5.02 Å². The fourth-order valence-corrected chi connectivity index (χ4v) is 2.22. The van der Waals surface area contributed by atoms with E-state index in [0.717, 1.165) is 5.69 Å². The summed E-state index contributed by atoms with van der Waals surface area (Å²) < 4.78 is 0. The molecule has 0 radical (unpaired) electrons. The maximum Gasteiger partial charge on any atom is 0.255 e. The molecule has 2 N–H and O–H groups in total. The largest absolute Gasteiger partial charge is 0.507 e. The van der Waals surface area contributed by atoms with Gasteiger partial charge < -0.3 is 10.4 Å². The molecule has 0 atom stereocenters. The zero-order chi connectivity index (χ0) is 13.0. The summed E-state index contributed by atoms with van der Waals surface area (Å²) >= 11 is 7.22. The van der Waals surface area contributed by atoms with Gasteiger partial charge in [-0.2, -0.15) is 0 Å². The van der Waals surface area contributed by atoms with Crippen molar-refractivity contribution in [3.8, 4) is 5.75 Å². The third-order valence-electron chi connectivity index (χ3n) is 2.35. The van der Waals surface area contributed by atoms with Gasteiger partial charge >= 0.3 is 0 Å². The van der Waals surface area contributed by atoms with Crippen LogP contribution in [-0.2, 0) is 6.42 Å². The predicted molar refractivity (Wildman–Crippen MR) is 71.3 cm³/mol. The first-order chi connectivity index (χ1) is 8.66. The fourth-order valence-electron chi connectivity index (χ4n) is 1.46. The van der Waals surface area contributed by atoms with Crippen molar-refractivity contribution < 1.29 is 9.90 Å². The van der Waals surface area contributed by atoms with Gasteiger partial charge in [-0.3, -0.25) is 4.79 Å². The predicted octanol–water partition coefficient (Wildman–Crippen LogP) is 2.47. The van der Waals surface area contributed by atoms with E-state index in [2.05, 4.69) is 10.3 Å². The van der Waals surface area contributed by atoms with E-state index in [1.54, 1.807) is 11.6 Å². The number of carbonyl (C=O) groups is 1. The van der Waals surface area contributed by atoms with Gasteiger partial charge in [0.1, 0.15) is 5.75 Å². The van der Waals surface area contributed by atoms with Gasteiger partial charge in [-0.1, -0.05) is 11.6 Å². The van der Waals surface area contributed by atoms with Crippen LogP contribution in [0.1, 0.15) is 16.1 Å². The molecule has 0 unspecified atom stereocenters. The lowest BCUT2D eigenvalue weighted by Gasteiger charge is -2.06. The van der Waals surface area contributed by atoms with E-state index in [1.165, 1.54) is 23.5 Å². The number of aromatic nitrogens is 1. The van der Waals surface area contributed by atoms with Crippen LogP contribution in [0.4, 0.5) is 0 Å². The second-order valence-corrected chi connectivity index (χ2v) is 4.80. The molecule has 0 saturated heterocycles. The number of hydrogen-bond donors (Lipinski definition) is 2. The Balaban J connectivity index is 1.91. The van der Waals surface area contributed by atoms with Crippen LogP contribution in [0.15, 0.2) is 29.1 Å². The summed E-state index contributed by atoms with van der Waals surface area (Å²) in [6, 6.07) is 4.41.